The maximum absolute atomic E-state index is 6.54. The van der Waals surface area contributed by atoms with Gasteiger partial charge in [-0.3, -0.25) is 0 Å². The van der Waals surface area contributed by atoms with Crippen LogP contribution >= 0.6 is 0 Å². The summed E-state index contributed by atoms with van der Waals surface area (Å²) >= 11 is 0. The molecular formula is C48H33N3O. The maximum Gasteiger partial charge on any atom is 0.152 e. The van der Waals surface area contributed by atoms with E-state index in [1.54, 1.807) is 0 Å². The van der Waals surface area contributed by atoms with E-state index in [1.807, 2.05) is 18.2 Å². The summed E-state index contributed by atoms with van der Waals surface area (Å²) < 4.78 is 8.92. The van der Waals surface area contributed by atoms with E-state index in [2.05, 4.69) is 196 Å². The zero-order valence-electron chi connectivity index (χ0n) is 28.3. The largest absolute Gasteiger partial charge is 0.453 e. The van der Waals surface area contributed by atoms with Crippen molar-refractivity contribution in [3.05, 3.63) is 200 Å². The number of nitrogens with zero attached hydrogens (tertiary/aromatic N) is 3. The topological polar surface area (TPSA) is 20.6 Å². The molecule has 1 aliphatic rings. The number of aromatic nitrogens is 1. The van der Waals surface area contributed by atoms with Gasteiger partial charge in [0.15, 0.2) is 11.5 Å². The number of hydrogen-bond donors (Lipinski definition) is 0. The van der Waals surface area contributed by atoms with Crippen LogP contribution in [0.1, 0.15) is 0 Å². The normalized spacial score (nSPS) is 12.0. The minimum absolute atomic E-state index is 0.836. The van der Waals surface area contributed by atoms with Crippen molar-refractivity contribution >= 4 is 55.9 Å². The first-order chi connectivity index (χ1) is 25.8. The number of hydrogen-bond acceptors (Lipinski definition) is 3. The fourth-order valence-electron chi connectivity index (χ4n) is 7.57. The molecule has 0 saturated carbocycles. The molecule has 0 amide bonds. The summed E-state index contributed by atoms with van der Waals surface area (Å²) in [7, 11) is 0. The highest BCUT2D eigenvalue weighted by Gasteiger charge is 2.26. The van der Waals surface area contributed by atoms with Crippen LogP contribution in [0.2, 0.25) is 0 Å². The summed E-state index contributed by atoms with van der Waals surface area (Å²) in [5.41, 5.74) is 12.2. The molecule has 0 fully saturated rings. The van der Waals surface area contributed by atoms with Crippen LogP contribution in [0.4, 0.5) is 34.1 Å². The molecule has 0 unspecified atom stereocenters. The minimum Gasteiger partial charge on any atom is -0.453 e. The molecule has 8 aromatic carbocycles. The van der Waals surface area contributed by atoms with Crippen molar-refractivity contribution in [2.24, 2.45) is 0 Å². The van der Waals surface area contributed by atoms with Gasteiger partial charge >= 0.3 is 0 Å². The molecule has 0 aliphatic carbocycles. The SMILES string of the molecule is c1ccc(N(c2ccccc2)c2ccc(-n3c4ccccc4c4cc(-c5ccc6c(c5)Oc5ccccc5N6c5ccccc5)ccc43)cc2)cc1. The van der Waals surface area contributed by atoms with Gasteiger partial charge in [-0.15, -0.1) is 0 Å². The molecule has 2 heterocycles. The van der Waals surface area contributed by atoms with E-state index in [1.165, 1.54) is 21.8 Å². The fourth-order valence-corrected chi connectivity index (χ4v) is 7.57. The second-order valence-electron chi connectivity index (χ2n) is 13.0. The van der Waals surface area contributed by atoms with E-state index in [0.717, 1.165) is 62.4 Å². The quantitative estimate of drug-likeness (QED) is 0.176. The van der Waals surface area contributed by atoms with Crippen molar-refractivity contribution in [3.8, 4) is 28.3 Å². The van der Waals surface area contributed by atoms with Gasteiger partial charge in [-0.2, -0.15) is 0 Å². The standard InChI is InChI=1S/C48H33N3O/c1-4-14-36(15-5-1)49(37-16-6-2-7-17-37)39-26-28-40(29-27-39)50-43-21-11-10-20-41(43)42-32-34(24-30-44(42)50)35-25-31-46-48(33-35)52-47-23-13-12-22-45(47)51(46)38-18-8-3-9-19-38/h1-33H. The molecule has 0 N–H and O–H groups in total. The molecule has 0 atom stereocenters. The average Bonchev–Trinajstić information content (AvgIpc) is 3.55. The van der Waals surface area contributed by atoms with Crippen LogP contribution in [0, 0.1) is 0 Å². The number of para-hydroxylation sites is 6. The van der Waals surface area contributed by atoms with Crippen LogP contribution in [-0.4, -0.2) is 4.57 Å². The Morgan fingerprint density at radius 2 is 0.923 bits per heavy atom. The molecule has 9 aromatic rings. The van der Waals surface area contributed by atoms with Gasteiger partial charge in [-0.1, -0.05) is 97.1 Å². The van der Waals surface area contributed by atoms with Crippen molar-refractivity contribution in [1.82, 2.24) is 4.57 Å². The molecular weight excluding hydrogens is 635 g/mol. The van der Waals surface area contributed by atoms with Crippen molar-refractivity contribution in [2.45, 2.75) is 0 Å². The summed E-state index contributed by atoms with van der Waals surface area (Å²) in [6.45, 7) is 0. The Kier molecular flexibility index (Phi) is 7.10. The molecule has 0 radical (unpaired) electrons. The van der Waals surface area contributed by atoms with Crippen molar-refractivity contribution in [3.63, 3.8) is 0 Å². The Morgan fingerprint density at radius 3 is 1.67 bits per heavy atom. The highest BCUT2D eigenvalue weighted by Crippen LogP contribution is 2.51. The van der Waals surface area contributed by atoms with E-state index >= 15 is 0 Å². The molecule has 4 heteroatoms. The van der Waals surface area contributed by atoms with Gasteiger partial charge < -0.3 is 19.1 Å². The maximum atomic E-state index is 6.54. The van der Waals surface area contributed by atoms with Crippen LogP contribution in [-0.2, 0) is 0 Å². The molecule has 0 bridgehead atoms. The van der Waals surface area contributed by atoms with E-state index in [0.29, 0.717) is 0 Å². The third-order valence-corrected chi connectivity index (χ3v) is 9.94. The lowest BCUT2D eigenvalue weighted by Gasteiger charge is -2.33. The van der Waals surface area contributed by atoms with Gasteiger partial charge in [-0.25, -0.2) is 0 Å². The predicted octanol–water partition coefficient (Wildman–Crippen LogP) is 13.5. The van der Waals surface area contributed by atoms with E-state index < -0.39 is 0 Å². The first-order valence-electron chi connectivity index (χ1n) is 17.6. The second kappa shape index (κ2) is 12.4. The van der Waals surface area contributed by atoms with Crippen LogP contribution in [0.15, 0.2) is 200 Å². The molecule has 4 nitrogen and oxygen atoms in total. The Hall–Kier alpha value is -7.04. The second-order valence-corrected chi connectivity index (χ2v) is 13.0. The van der Waals surface area contributed by atoms with E-state index in [-0.39, 0.29) is 0 Å². The van der Waals surface area contributed by atoms with Crippen LogP contribution in [0.25, 0.3) is 38.6 Å². The fraction of sp³-hybridized carbons (Fsp3) is 0. The van der Waals surface area contributed by atoms with Gasteiger partial charge in [0, 0.05) is 39.2 Å². The van der Waals surface area contributed by atoms with Crippen molar-refractivity contribution in [2.75, 3.05) is 9.80 Å². The molecule has 0 saturated heterocycles. The first-order valence-corrected chi connectivity index (χ1v) is 17.6. The van der Waals surface area contributed by atoms with Gasteiger partial charge in [0.1, 0.15) is 0 Å². The van der Waals surface area contributed by atoms with Gasteiger partial charge in [-0.05, 0) is 114 Å². The van der Waals surface area contributed by atoms with Crippen molar-refractivity contribution < 1.29 is 4.74 Å². The highest BCUT2D eigenvalue weighted by molar-refractivity contribution is 6.10. The summed E-state index contributed by atoms with van der Waals surface area (Å²) in [6, 6.07) is 70.7. The third kappa shape index (κ3) is 5.00. The summed E-state index contributed by atoms with van der Waals surface area (Å²) in [5.74, 6) is 1.68. The van der Waals surface area contributed by atoms with Crippen LogP contribution < -0.4 is 14.5 Å². The monoisotopic (exact) mass is 667 g/mol. The third-order valence-electron chi connectivity index (χ3n) is 9.94. The molecule has 1 aliphatic heterocycles. The lowest BCUT2D eigenvalue weighted by molar-refractivity contribution is 0.477. The highest BCUT2D eigenvalue weighted by atomic mass is 16.5. The Morgan fingerprint density at radius 1 is 0.365 bits per heavy atom. The number of benzene rings is 8. The molecule has 0 spiro atoms. The van der Waals surface area contributed by atoms with Crippen LogP contribution in [0.3, 0.4) is 0 Å². The number of rotatable bonds is 6. The zero-order chi connectivity index (χ0) is 34.4. The molecule has 1 aromatic heterocycles. The number of fused-ring (bicyclic) bond motifs is 5. The zero-order valence-corrected chi connectivity index (χ0v) is 28.3. The Bertz CT molecular complexity index is 2660. The lowest BCUT2D eigenvalue weighted by Crippen LogP contribution is -2.15. The van der Waals surface area contributed by atoms with E-state index in [9.17, 15) is 0 Å². The summed E-state index contributed by atoms with van der Waals surface area (Å²) in [5, 5.41) is 2.43. The number of anilines is 6. The minimum atomic E-state index is 0.836. The smallest absolute Gasteiger partial charge is 0.152 e. The van der Waals surface area contributed by atoms with Crippen molar-refractivity contribution in [1.29, 1.82) is 0 Å². The van der Waals surface area contributed by atoms with Gasteiger partial charge in [0.05, 0.1) is 22.4 Å². The van der Waals surface area contributed by atoms with Gasteiger partial charge in [0.25, 0.3) is 0 Å². The first kappa shape index (κ1) is 29.8. The molecule has 246 valence electrons. The average molecular weight is 668 g/mol. The summed E-state index contributed by atoms with van der Waals surface area (Å²) in [4.78, 5) is 4.57. The predicted molar refractivity (Wildman–Crippen MR) is 216 cm³/mol. The van der Waals surface area contributed by atoms with Gasteiger partial charge in [0.2, 0.25) is 0 Å². The number of ether oxygens (including phenoxy) is 1. The molecule has 10 rings (SSSR count). The van der Waals surface area contributed by atoms with E-state index in [4.69, 9.17) is 4.74 Å². The lowest BCUT2D eigenvalue weighted by atomic mass is 10.0. The summed E-state index contributed by atoms with van der Waals surface area (Å²) in [6.07, 6.45) is 0. The molecule has 52 heavy (non-hydrogen) atoms. The van der Waals surface area contributed by atoms with Crippen LogP contribution in [0.5, 0.6) is 11.5 Å². The Labute approximate surface area is 302 Å². The Balaban J connectivity index is 1.05.